The van der Waals surface area contributed by atoms with Gasteiger partial charge in [0, 0.05) is 18.7 Å². The fraction of sp³-hybridized carbons (Fsp3) is 0.250. The predicted molar refractivity (Wildman–Crippen MR) is 107 cm³/mol. The van der Waals surface area contributed by atoms with E-state index >= 15 is 0 Å². The summed E-state index contributed by atoms with van der Waals surface area (Å²) in [6.07, 6.45) is 2.68. The Kier molecular flexibility index (Phi) is 5.65. The van der Waals surface area contributed by atoms with E-state index in [2.05, 4.69) is 0 Å². The molecule has 0 N–H and O–H groups in total. The molecule has 0 spiro atoms. The third-order valence-electron chi connectivity index (χ3n) is 5.31. The number of aromatic nitrogens is 1. The second kappa shape index (κ2) is 8.52. The molecule has 2 heterocycles. The highest BCUT2D eigenvalue weighted by Gasteiger charge is 2.30. The summed E-state index contributed by atoms with van der Waals surface area (Å²) >= 11 is 0. The number of halogens is 2. The van der Waals surface area contributed by atoms with Crippen molar-refractivity contribution in [2.24, 2.45) is 0 Å². The lowest BCUT2D eigenvalue weighted by Crippen LogP contribution is -2.32. The van der Waals surface area contributed by atoms with Crippen molar-refractivity contribution < 1.29 is 13.6 Å². The highest BCUT2D eigenvalue weighted by atomic mass is 19.1. The Bertz CT molecular complexity index is 987. The number of nitrogens with zero attached hydrogens (tertiary/aromatic N) is 2. The molecule has 0 unspecified atom stereocenters. The second-order valence-electron chi connectivity index (χ2n) is 7.41. The summed E-state index contributed by atoms with van der Waals surface area (Å²) < 4.78 is 26.2. The van der Waals surface area contributed by atoms with Crippen molar-refractivity contribution in [3.8, 4) is 0 Å². The molecule has 3 aromatic rings. The first-order chi connectivity index (χ1) is 14.1. The van der Waals surface area contributed by atoms with E-state index in [1.165, 1.54) is 24.3 Å². The summed E-state index contributed by atoms with van der Waals surface area (Å²) in [5.41, 5.74) is 3.58. The highest BCUT2D eigenvalue weighted by molar-refractivity contribution is 5.79. The molecule has 1 atom stereocenters. The standard InChI is InChI=1S/C24H22F2N2O/c25-19-10-6-17(7-11-19)15-21-3-1-4-22(27-21)23-5-2-14-28(23)24(29)16-18-8-12-20(26)13-9-18/h1,3-4,6-13,23H,2,5,14-16H2/t23-/m0/s1. The molecule has 1 aliphatic rings. The summed E-state index contributed by atoms with van der Waals surface area (Å²) in [5.74, 6) is -0.524. The van der Waals surface area contributed by atoms with Crippen molar-refractivity contribution in [3.05, 3.63) is 101 Å². The molecule has 0 saturated carbocycles. The van der Waals surface area contributed by atoms with Crippen LogP contribution in [0, 0.1) is 11.6 Å². The Balaban J connectivity index is 1.48. The van der Waals surface area contributed by atoms with E-state index in [4.69, 9.17) is 4.98 Å². The van der Waals surface area contributed by atoms with E-state index in [0.29, 0.717) is 13.0 Å². The number of benzene rings is 2. The lowest BCUT2D eigenvalue weighted by molar-refractivity contribution is -0.131. The number of carbonyl (C=O) groups excluding carboxylic acids is 1. The van der Waals surface area contributed by atoms with Gasteiger partial charge in [-0.1, -0.05) is 30.3 Å². The van der Waals surface area contributed by atoms with Gasteiger partial charge in [0.1, 0.15) is 11.6 Å². The smallest absolute Gasteiger partial charge is 0.227 e. The van der Waals surface area contributed by atoms with Crippen LogP contribution in [0.1, 0.15) is 41.4 Å². The number of rotatable bonds is 5. The molecular weight excluding hydrogens is 370 g/mol. The molecular formula is C24H22F2N2O. The van der Waals surface area contributed by atoms with Crippen LogP contribution in [0.4, 0.5) is 8.78 Å². The Morgan fingerprint density at radius 3 is 2.28 bits per heavy atom. The minimum Gasteiger partial charge on any atom is -0.334 e. The molecule has 0 bridgehead atoms. The van der Waals surface area contributed by atoms with Crippen LogP contribution in [-0.2, 0) is 17.6 Å². The van der Waals surface area contributed by atoms with Crippen LogP contribution in [0.25, 0.3) is 0 Å². The first kappa shape index (κ1) is 19.2. The molecule has 2 aromatic carbocycles. The summed E-state index contributed by atoms with van der Waals surface area (Å²) in [6, 6.07) is 18.3. The maximum atomic E-state index is 13.1. The van der Waals surface area contributed by atoms with Crippen LogP contribution in [0.3, 0.4) is 0 Å². The van der Waals surface area contributed by atoms with Gasteiger partial charge in [-0.25, -0.2) is 8.78 Å². The van der Waals surface area contributed by atoms with Gasteiger partial charge >= 0.3 is 0 Å². The number of hydrogen-bond donors (Lipinski definition) is 0. The van der Waals surface area contributed by atoms with Crippen molar-refractivity contribution >= 4 is 5.91 Å². The maximum Gasteiger partial charge on any atom is 0.227 e. The monoisotopic (exact) mass is 392 g/mol. The molecule has 1 fully saturated rings. The molecule has 4 rings (SSSR count). The van der Waals surface area contributed by atoms with E-state index < -0.39 is 0 Å². The van der Waals surface area contributed by atoms with Crippen LogP contribution in [0.15, 0.2) is 66.7 Å². The predicted octanol–water partition coefficient (Wildman–Crippen LogP) is 4.86. The largest absolute Gasteiger partial charge is 0.334 e. The van der Waals surface area contributed by atoms with Crippen LogP contribution in [-0.4, -0.2) is 22.3 Å². The lowest BCUT2D eigenvalue weighted by atomic mass is 10.1. The summed E-state index contributed by atoms with van der Waals surface area (Å²) in [7, 11) is 0. The van der Waals surface area contributed by atoms with Crippen molar-refractivity contribution in [1.29, 1.82) is 0 Å². The molecule has 5 heteroatoms. The SMILES string of the molecule is O=C(Cc1ccc(F)cc1)N1CCC[C@H]1c1cccc(Cc2ccc(F)cc2)n1. The first-order valence-electron chi connectivity index (χ1n) is 9.83. The fourth-order valence-corrected chi connectivity index (χ4v) is 3.84. The van der Waals surface area contributed by atoms with Gasteiger partial charge in [0.15, 0.2) is 0 Å². The molecule has 0 aliphatic carbocycles. The van der Waals surface area contributed by atoms with Gasteiger partial charge in [-0.05, 0) is 60.4 Å². The second-order valence-corrected chi connectivity index (χ2v) is 7.41. The normalized spacial score (nSPS) is 16.2. The molecule has 1 amide bonds. The van der Waals surface area contributed by atoms with Crippen molar-refractivity contribution in [2.45, 2.75) is 31.7 Å². The van der Waals surface area contributed by atoms with Gasteiger partial charge < -0.3 is 4.90 Å². The summed E-state index contributed by atoms with van der Waals surface area (Å²) in [4.78, 5) is 19.5. The van der Waals surface area contributed by atoms with E-state index in [1.54, 1.807) is 24.3 Å². The summed E-state index contributed by atoms with van der Waals surface area (Å²) in [5, 5.41) is 0. The molecule has 148 valence electrons. The Labute approximate surface area is 169 Å². The number of likely N-dealkylation sites (tertiary alicyclic amines) is 1. The quantitative estimate of drug-likeness (QED) is 0.621. The van der Waals surface area contributed by atoms with Crippen LogP contribution >= 0.6 is 0 Å². The molecule has 3 nitrogen and oxygen atoms in total. The average Bonchev–Trinajstić information content (AvgIpc) is 3.22. The third-order valence-corrected chi connectivity index (χ3v) is 5.31. The topological polar surface area (TPSA) is 33.2 Å². The number of amides is 1. The van der Waals surface area contributed by atoms with Gasteiger partial charge in [0.05, 0.1) is 18.2 Å². The lowest BCUT2D eigenvalue weighted by Gasteiger charge is -2.25. The third kappa shape index (κ3) is 4.67. The minimum atomic E-state index is -0.303. The van der Waals surface area contributed by atoms with Crippen LogP contribution in [0.5, 0.6) is 0 Å². The minimum absolute atomic E-state index is 0.0323. The average molecular weight is 392 g/mol. The zero-order valence-electron chi connectivity index (χ0n) is 16.0. The molecule has 1 aromatic heterocycles. The highest BCUT2D eigenvalue weighted by Crippen LogP contribution is 2.31. The van der Waals surface area contributed by atoms with Gasteiger partial charge in [-0.3, -0.25) is 9.78 Å². The molecule has 29 heavy (non-hydrogen) atoms. The zero-order valence-corrected chi connectivity index (χ0v) is 16.0. The van der Waals surface area contributed by atoms with E-state index in [1.807, 2.05) is 23.1 Å². The Morgan fingerprint density at radius 2 is 1.59 bits per heavy atom. The summed E-state index contributed by atoms with van der Waals surface area (Å²) in [6.45, 7) is 0.703. The van der Waals surface area contributed by atoms with Gasteiger partial charge in [-0.2, -0.15) is 0 Å². The maximum absolute atomic E-state index is 13.1. The molecule has 1 saturated heterocycles. The van der Waals surface area contributed by atoms with E-state index in [-0.39, 0.29) is 30.0 Å². The van der Waals surface area contributed by atoms with Crippen molar-refractivity contribution in [3.63, 3.8) is 0 Å². The zero-order chi connectivity index (χ0) is 20.2. The van der Waals surface area contributed by atoms with Gasteiger partial charge in [0.2, 0.25) is 5.91 Å². The van der Waals surface area contributed by atoms with Crippen LogP contribution in [0.2, 0.25) is 0 Å². The first-order valence-corrected chi connectivity index (χ1v) is 9.83. The Morgan fingerprint density at radius 1 is 0.931 bits per heavy atom. The Hall–Kier alpha value is -3.08. The van der Waals surface area contributed by atoms with Gasteiger partial charge in [0.25, 0.3) is 0 Å². The number of carbonyl (C=O) groups is 1. The fourth-order valence-electron chi connectivity index (χ4n) is 3.84. The molecule has 1 aliphatic heterocycles. The number of pyridine rings is 1. The molecule has 0 radical (unpaired) electrons. The number of hydrogen-bond acceptors (Lipinski definition) is 2. The van der Waals surface area contributed by atoms with E-state index in [0.717, 1.165) is 35.4 Å². The van der Waals surface area contributed by atoms with Crippen molar-refractivity contribution in [1.82, 2.24) is 9.88 Å². The van der Waals surface area contributed by atoms with E-state index in [9.17, 15) is 13.6 Å². The van der Waals surface area contributed by atoms with Crippen molar-refractivity contribution in [2.75, 3.05) is 6.54 Å². The van der Waals surface area contributed by atoms with Crippen LogP contribution < -0.4 is 0 Å². The van der Waals surface area contributed by atoms with Gasteiger partial charge in [-0.15, -0.1) is 0 Å².